The average molecular weight is 1130 g/mol. The maximum atomic E-state index is 13.5. The minimum Gasteiger partial charge on any atom is -0.465 e. The number of hydrogen-bond acceptors (Lipinski definition) is 20. The third-order valence-electron chi connectivity index (χ3n) is 12.5. The van der Waals surface area contributed by atoms with Gasteiger partial charge >= 0.3 is 29.8 Å². The summed E-state index contributed by atoms with van der Waals surface area (Å²) in [5.74, 6) is -7.42. The van der Waals surface area contributed by atoms with E-state index >= 15 is 0 Å². The second-order valence-corrected chi connectivity index (χ2v) is 19.6. The Morgan fingerprint density at radius 2 is 1.00 bits per heavy atom. The summed E-state index contributed by atoms with van der Waals surface area (Å²) < 4.78 is 66.6. The third-order valence-corrected chi connectivity index (χ3v) is 12.5. The van der Waals surface area contributed by atoms with Gasteiger partial charge in [-0.25, -0.2) is 4.79 Å². The molecule has 1 rings (SSSR count). The van der Waals surface area contributed by atoms with Crippen molar-refractivity contribution in [2.24, 2.45) is 0 Å². The van der Waals surface area contributed by atoms with Crippen LogP contribution in [0.15, 0.2) is 0 Å². The summed E-state index contributed by atoms with van der Waals surface area (Å²) in [6.07, 6.45) is 15.0. The van der Waals surface area contributed by atoms with Gasteiger partial charge in [0.15, 0.2) is 12.2 Å². The number of ether oxygens (including phenoxy) is 12. The molecule has 0 aliphatic carbocycles. The van der Waals surface area contributed by atoms with E-state index in [4.69, 9.17) is 56.8 Å². The molecular formula is C56H99N3O20. The number of amides is 3. The fourth-order valence-electron chi connectivity index (χ4n) is 8.66. The molecule has 0 aromatic carbocycles. The Morgan fingerprint density at radius 3 is 1.49 bits per heavy atom. The number of hydrogen-bond donors (Lipinski definition) is 3. The molecule has 1 heterocycles. The lowest BCUT2D eigenvalue weighted by Gasteiger charge is -2.48. The first-order valence-corrected chi connectivity index (χ1v) is 28.8. The van der Waals surface area contributed by atoms with Crippen molar-refractivity contribution in [2.75, 3.05) is 99.5 Å². The Kier molecular flexibility index (Phi) is 43.3. The van der Waals surface area contributed by atoms with Gasteiger partial charge in [-0.05, 0) is 25.7 Å². The van der Waals surface area contributed by atoms with Crippen molar-refractivity contribution in [1.29, 1.82) is 0 Å². The van der Waals surface area contributed by atoms with Crippen LogP contribution in [-0.2, 0) is 95.2 Å². The predicted octanol–water partition coefficient (Wildman–Crippen LogP) is 5.66. The number of carbonyl (C=O) groups is 8. The molecule has 79 heavy (non-hydrogen) atoms. The number of rotatable bonds is 50. The van der Waals surface area contributed by atoms with Crippen LogP contribution in [0.5, 0.6) is 0 Å². The first-order chi connectivity index (χ1) is 38.0. The molecule has 458 valence electrons. The fraction of sp³-hybridized carbons (Fsp3) is 0.857. The van der Waals surface area contributed by atoms with Crippen LogP contribution < -0.4 is 16.0 Å². The standard InChI is InChI=1S/C56H99N3O20/c1-8-9-10-11-12-13-14-15-16-17-18-19-20-21-23-26-50(65)58-29-32-70-34-36-72-38-40-73-39-37-71-35-33-69-31-27-51(66)57-28-24-22-25-30-75-56(55(67)68-7)41-48(76-45(4)62)52(59-43(2)60)54(79-56)53(78-47(6)64)49(77-46(5)63)42-74-44(3)61/h48-49,52-54H,8-42H2,1-7H3,(H,57,66)(H,58,65)(H,59,60)/t48-,49+,52+,53+,54+,56+/m0/s1. The molecule has 1 aliphatic heterocycles. The number of unbranched alkanes of at least 4 members (excludes halogenated alkanes) is 16. The van der Waals surface area contributed by atoms with E-state index in [9.17, 15) is 38.4 Å². The van der Waals surface area contributed by atoms with Gasteiger partial charge in [-0.15, -0.1) is 0 Å². The molecule has 0 aromatic rings. The highest BCUT2D eigenvalue weighted by atomic mass is 16.7. The minimum absolute atomic E-state index is 0.0796. The van der Waals surface area contributed by atoms with Gasteiger partial charge < -0.3 is 72.8 Å². The van der Waals surface area contributed by atoms with E-state index in [0.29, 0.717) is 98.2 Å². The monoisotopic (exact) mass is 1130 g/mol. The molecule has 0 spiro atoms. The lowest BCUT2D eigenvalue weighted by atomic mass is 9.88. The third kappa shape index (κ3) is 37.9. The van der Waals surface area contributed by atoms with Crippen molar-refractivity contribution in [3.8, 4) is 0 Å². The normalized spacial score (nSPS) is 17.7. The average Bonchev–Trinajstić information content (AvgIpc) is 3.58. The predicted molar refractivity (Wildman–Crippen MR) is 289 cm³/mol. The van der Waals surface area contributed by atoms with Crippen LogP contribution in [0.2, 0.25) is 0 Å². The van der Waals surface area contributed by atoms with Gasteiger partial charge in [0.2, 0.25) is 17.7 Å². The molecule has 3 amide bonds. The summed E-state index contributed by atoms with van der Waals surface area (Å²) in [4.78, 5) is 99.3. The van der Waals surface area contributed by atoms with Gasteiger partial charge in [-0.1, -0.05) is 96.8 Å². The van der Waals surface area contributed by atoms with E-state index in [1.807, 2.05) is 0 Å². The van der Waals surface area contributed by atoms with Crippen LogP contribution in [0.1, 0.15) is 176 Å². The van der Waals surface area contributed by atoms with E-state index < -0.39 is 85.0 Å². The Balaban J connectivity index is 2.24. The van der Waals surface area contributed by atoms with Crippen LogP contribution in [0.3, 0.4) is 0 Å². The molecule has 0 bridgehead atoms. The first kappa shape index (κ1) is 72.5. The molecule has 23 heteroatoms. The van der Waals surface area contributed by atoms with Gasteiger partial charge in [0.05, 0.1) is 92.2 Å². The highest BCUT2D eigenvalue weighted by Gasteiger charge is 2.59. The second kappa shape index (κ2) is 47.2. The summed E-state index contributed by atoms with van der Waals surface area (Å²) >= 11 is 0. The van der Waals surface area contributed by atoms with Crippen LogP contribution in [0.4, 0.5) is 0 Å². The van der Waals surface area contributed by atoms with E-state index in [0.717, 1.165) is 47.6 Å². The molecule has 0 radical (unpaired) electrons. The fourth-order valence-corrected chi connectivity index (χ4v) is 8.66. The molecule has 0 unspecified atom stereocenters. The molecule has 0 saturated carbocycles. The molecule has 1 aliphatic rings. The van der Waals surface area contributed by atoms with Crippen LogP contribution >= 0.6 is 0 Å². The van der Waals surface area contributed by atoms with E-state index in [-0.39, 0.29) is 31.4 Å². The molecule has 23 nitrogen and oxygen atoms in total. The zero-order valence-electron chi connectivity index (χ0n) is 48.8. The van der Waals surface area contributed by atoms with Gasteiger partial charge in [-0.2, -0.15) is 0 Å². The van der Waals surface area contributed by atoms with Crippen molar-refractivity contribution in [3.63, 3.8) is 0 Å². The minimum atomic E-state index is -2.30. The van der Waals surface area contributed by atoms with Crippen LogP contribution in [0.25, 0.3) is 0 Å². The lowest BCUT2D eigenvalue weighted by molar-refractivity contribution is -0.314. The largest absolute Gasteiger partial charge is 0.465 e. The summed E-state index contributed by atoms with van der Waals surface area (Å²) in [5, 5.41) is 8.36. The van der Waals surface area contributed by atoms with Crippen molar-refractivity contribution >= 4 is 47.6 Å². The van der Waals surface area contributed by atoms with Gasteiger partial charge in [-0.3, -0.25) is 33.6 Å². The number of carbonyl (C=O) groups excluding carboxylic acids is 8. The van der Waals surface area contributed by atoms with Crippen molar-refractivity contribution in [3.05, 3.63) is 0 Å². The Hall–Kier alpha value is -4.52. The highest BCUT2D eigenvalue weighted by molar-refractivity contribution is 5.79. The molecule has 1 fully saturated rings. The van der Waals surface area contributed by atoms with Gasteiger partial charge in [0, 0.05) is 60.5 Å². The van der Waals surface area contributed by atoms with E-state index in [1.54, 1.807) is 0 Å². The Bertz CT molecular complexity index is 1690. The molecular weight excluding hydrogens is 1030 g/mol. The lowest BCUT2D eigenvalue weighted by Crippen LogP contribution is -2.69. The molecule has 6 atom stereocenters. The van der Waals surface area contributed by atoms with Crippen LogP contribution in [-0.4, -0.2) is 183 Å². The van der Waals surface area contributed by atoms with Gasteiger partial charge in [0.25, 0.3) is 5.79 Å². The SMILES string of the molecule is CCCCCCCCCCCCCCCCCC(=O)NCCOCCOCCOCCOCCOCCC(=O)NCCCCCO[C@]1(C(=O)OC)C[C@H](OC(C)=O)[C@@H](NC(C)=O)[C@H]([C@H](OC(C)=O)[C@@H](COC(C)=O)OC(C)=O)O1. The van der Waals surface area contributed by atoms with Crippen LogP contribution in [0, 0.1) is 0 Å². The summed E-state index contributed by atoms with van der Waals surface area (Å²) in [6, 6.07) is -1.32. The van der Waals surface area contributed by atoms with Crippen molar-refractivity contribution < 1.29 is 95.2 Å². The molecule has 0 aromatic heterocycles. The summed E-state index contributed by atoms with van der Waals surface area (Å²) in [7, 11) is 1.07. The van der Waals surface area contributed by atoms with Crippen molar-refractivity contribution in [1.82, 2.24) is 16.0 Å². The summed E-state index contributed by atoms with van der Waals surface area (Å²) in [5.41, 5.74) is 0. The molecule has 3 N–H and O–H groups in total. The zero-order valence-corrected chi connectivity index (χ0v) is 48.8. The Morgan fingerprint density at radius 1 is 0.519 bits per heavy atom. The molecule has 1 saturated heterocycles. The highest BCUT2D eigenvalue weighted by Crippen LogP contribution is 2.37. The second-order valence-electron chi connectivity index (χ2n) is 19.6. The number of methoxy groups -OCH3 is 1. The Labute approximate surface area is 469 Å². The first-order valence-electron chi connectivity index (χ1n) is 28.8. The smallest absolute Gasteiger partial charge is 0.366 e. The van der Waals surface area contributed by atoms with E-state index in [1.165, 1.54) is 90.4 Å². The van der Waals surface area contributed by atoms with E-state index in [2.05, 4.69) is 22.9 Å². The van der Waals surface area contributed by atoms with Gasteiger partial charge in [0.1, 0.15) is 18.8 Å². The topological polar surface area (TPSA) is 283 Å². The number of esters is 5. The summed E-state index contributed by atoms with van der Waals surface area (Å²) in [6.45, 7) is 11.6. The van der Waals surface area contributed by atoms with Crippen molar-refractivity contribution in [2.45, 2.75) is 213 Å². The maximum absolute atomic E-state index is 13.5. The number of nitrogens with one attached hydrogen (secondary N) is 3. The maximum Gasteiger partial charge on any atom is 0.366 e. The zero-order chi connectivity index (χ0) is 58.4. The quantitative estimate of drug-likeness (QED) is 0.0376.